The highest BCUT2D eigenvalue weighted by atomic mass is 15.3. The van der Waals surface area contributed by atoms with Crippen molar-refractivity contribution in [3.8, 4) is 0 Å². The second kappa shape index (κ2) is 8.33. The maximum absolute atomic E-state index is 4.86. The number of guanidine groups is 1. The highest BCUT2D eigenvalue weighted by Gasteiger charge is 2.44. The Kier molecular flexibility index (Phi) is 5.64. The summed E-state index contributed by atoms with van der Waals surface area (Å²) in [4.78, 5) is 4.86. The molecule has 0 radical (unpaired) electrons. The molecule has 0 aliphatic heterocycles. The molecule has 2 aromatic rings. The standard InChI is InChI=1S/C22H32N6/c1-17-26-27-20(28(17)2)15-23-21(25-19-11-7-4-8-12-19)24-16-22(13-14-22)18-9-5-3-6-10-18/h3,5-6,9-10,19H,4,7-8,11-16H2,1-2H3,(H2,23,24,25). The molecule has 0 amide bonds. The molecule has 2 saturated carbocycles. The maximum Gasteiger partial charge on any atom is 0.191 e. The Labute approximate surface area is 167 Å². The number of benzene rings is 1. The lowest BCUT2D eigenvalue weighted by Crippen LogP contribution is -2.46. The van der Waals surface area contributed by atoms with Crippen LogP contribution in [-0.2, 0) is 19.0 Å². The van der Waals surface area contributed by atoms with Gasteiger partial charge in [0.15, 0.2) is 11.8 Å². The first-order chi connectivity index (χ1) is 13.7. The summed E-state index contributed by atoms with van der Waals surface area (Å²) in [6.07, 6.45) is 8.91. The van der Waals surface area contributed by atoms with Crippen molar-refractivity contribution < 1.29 is 0 Å². The number of aromatic nitrogens is 3. The van der Waals surface area contributed by atoms with Gasteiger partial charge in [-0.05, 0) is 38.2 Å². The molecule has 2 aliphatic rings. The van der Waals surface area contributed by atoms with Crippen molar-refractivity contribution in [2.45, 2.75) is 69.9 Å². The summed E-state index contributed by atoms with van der Waals surface area (Å²) in [6.45, 7) is 3.43. The van der Waals surface area contributed by atoms with E-state index < -0.39 is 0 Å². The van der Waals surface area contributed by atoms with E-state index in [1.165, 1.54) is 50.5 Å². The molecular formula is C22H32N6. The fourth-order valence-electron chi connectivity index (χ4n) is 4.09. The van der Waals surface area contributed by atoms with Gasteiger partial charge in [-0.2, -0.15) is 0 Å². The van der Waals surface area contributed by atoms with Crippen molar-refractivity contribution in [1.29, 1.82) is 0 Å². The molecule has 28 heavy (non-hydrogen) atoms. The summed E-state index contributed by atoms with van der Waals surface area (Å²) in [5.74, 6) is 2.72. The molecule has 0 unspecified atom stereocenters. The fourth-order valence-corrected chi connectivity index (χ4v) is 4.09. The topological polar surface area (TPSA) is 67.1 Å². The van der Waals surface area contributed by atoms with E-state index in [9.17, 15) is 0 Å². The second-order valence-corrected chi connectivity index (χ2v) is 8.37. The van der Waals surface area contributed by atoms with Crippen LogP contribution in [0, 0.1) is 6.92 Å². The van der Waals surface area contributed by atoms with E-state index in [0.717, 1.165) is 24.2 Å². The lowest BCUT2D eigenvalue weighted by molar-refractivity contribution is 0.409. The Morgan fingerprint density at radius 3 is 2.54 bits per heavy atom. The Hall–Kier alpha value is -2.37. The quantitative estimate of drug-likeness (QED) is 0.596. The fraction of sp³-hybridized carbons (Fsp3) is 0.591. The largest absolute Gasteiger partial charge is 0.355 e. The third-order valence-electron chi connectivity index (χ3n) is 6.34. The van der Waals surface area contributed by atoms with Crippen molar-refractivity contribution in [3.05, 3.63) is 47.5 Å². The zero-order valence-corrected chi connectivity index (χ0v) is 17.1. The number of nitrogens with zero attached hydrogens (tertiary/aromatic N) is 4. The van der Waals surface area contributed by atoms with Crippen LogP contribution in [-0.4, -0.2) is 33.3 Å². The van der Waals surface area contributed by atoms with Crippen molar-refractivity contribution in [2.75, 3.05) is 6.54 Å². The summed E-state index contributed by atoms with van der Waals surface area (Å²) in [6, 6.07) is 11.4. The summed E-state index contributed by atoms with van der Waals surface area (Å²) >= 11 is 0. The monoisotopic (exact) mass is 380 g/mol. The van der Waals surface area contributed by atoms with Crippen molar-refractivity contribution in [1.82, 2.24) is 25.4 Å². The maximum atomic E-state index is 4.86. The predicted molar refractivity (Wildman–Crippen MR) is 112 cm³/mol. The van der Waals surface area contributed by atoms with Crippen LogP contribution >= 0.6 is 0 Å². The highest BCUT2D eigenvalue weighted by molar-refractivity contribution is 5.80. The van der Waals surface area contributed by atoms with Crippen LogP contribution in [0.15, 0.2) is 35.3 Å². The molecule has 1 heterocycles. The van der Waals surface area contributed by atoms with Crippen LogP contribution in [0.1, 0.15) is 62.2 Å². The zero-order valence-electron chi connectivity index (χ0n) is 17.1. The van der Waals surface area contributed by atoms with Gasteiger partial charge in [0.1, 0.15) is 12.4 Å². The van der Waals surface area contributed by atoms with E-state index in [1.54, 1.807) is 0 Å². The van der Waals surface area contributed by atoms with Crippen LogP contribution in [0.3, 0.4) is 0 Å². The minimum absolute atomic E-state index is 0.262. The van der Waals surface area contributed by atoms with Gasteiger partial charge in [0.05, 0.1) is 0 Å². The van der Waals surface area contributed by atoms with Crippen LogP contribution in [0.2, 0.25) is 0 Å². The number of rotatable bonds is 6. The van der Waals surface area contributed by atoms with Gasteiger partial charge >= 0.3 is 0 Å². The smallest absolute Gasteiger partial charge is 0.191 e. The first kappa shape index (κ1) is 19.0. The average molecular weight is 381 g/mol. The molecule has 4 rings (SSSR count). The van der Waals surface area contributed by atoms with E-state index in [1.807, 2.05) is 18.5 Å². The summed E-state index contributed by atoms with van der Waals surface area (Å²) in [5, 5.41) is 15.7. The molecule has 6 nitrogen and oxygen atoms in total. The number of hydrogen-bond acceptors (Lipinski definition) is 3. The molecule has 0 spiro atoms. The van der Waals surface area contributed by atoms with Gasteiger partial charge in [-0.1, -0.05) is 49.6 Å². The van der Waals surface area contributed by atoms with Crippen molar-refractivity contribution >= 4 is 5.96 Å². The number of aryl methyl sites for hydroxylation is 1. The highest BCUT2D eigenvalue weighted by Crippen LogP contribution is 2.47. The van der Waals surface area contributed by atoms with E-state index in [2.05, 4.69) is 51.2 Å². The molecule has 1 aromatic carbocycles. The van der Waals surface area contributed by atoms with Gasteiger partial charge < -0.3 is 15.2 Å². The first-order valence-electron chi connectivity index (χ1n) is 10.6. The zero-order chi connectivity index (χ0) is 19.4. The second-order valence-electron chi connectivity index (χ2n) is 8.37. The molecule has 0 bridgehead atoms. The number of hydrogen-bond donors (Lipinski definition) is 2. The van der Waals surface area contributed by atoms with Crippen molar-refractivity contribution in [3.63, 3.8) is 0 Å². The molecule has 2 fully saturated rings. The third kappa shape index (κ3) is 4.37. The van der Waals surface area contributed by atoms with Crippen molar-refractivity contribution in [2.24, 2.45) is 12.0 Å². The van der Waals surface area contributed by atoms with Crippen LogP contribution < -0.4 is 10.6 Å². The molecule has 6 heteroatoms. The lowest BCUT2D eigenvalue weighted by atomic mass is 9.95. The lowest BCUT2D eigenvalue weighted by Gasteiger charge is -2.26. The van der Waals surface area contributed by atoms with E-state index in [0.29, 0.717) is 12.6 Å². The van der Waals surface area contributed by atoms with E-state index >= 15 is 0 Å². The van der Waals surface area contributed by atoms with E-state index in [4.69, 9.17) is 4.99 Å². The first-order valence-corrected chi connectivity index (χ1v) is 10.6. The summed E-state index contributed by atoms with van der Waals surface area (Å²) < 4.78 is 2.01. The molecule has 0 atom stereocenters. The van der Waals surface area contributed by atoms with Gasteiger partial charge in [0.25, 0.3) is 0 Å². The van der Waals surface area contributed by atoms with E-state index in [-0.39, 0.29) is 5.41 Å². The third-order valence-corrected chi connectivity index (χ3v) is 6.34. The average Bonchev–Trinajstić information content (AvgIpc) is 3.47. The van der Waals surface area contributed by atoms with Crippen LogP contribution in [0.25, 0.3) is 0 Å². The molecule has 0 saturated heterocycles. The predicted octanol–water partition coefficient (Wildman–Crippen LogP) is 3.22. The molecule has 2 N–H and O–H groups in total. The van der Waals surface area contributed by atoms with Gasteiger partial charge in [0, 0.05) is 25.0 Å². The summed E-state index contributed by atoms with van der Waals surface area (Å²) in [5.41, 5.74) is 1.70. The Morgan fingerprint density at radius 2 is 1.89 bits per heavy atom. The Morgan fingerprint density at radius 1 is 1.14 bits per heavy atom. The molecule has 1 aromatic heterocycles. The Balaban J connectivity index is 1.44. The Bertz CT molecular complexity index is 800. The number of aliphatic imine (C=N–C) groups is 1. The van der Waals surface area contributed by atoms with Gasteiger partial charge in [0.2, 0.25) is 0 Å². The van der Waals surface area contributed by atoms with Crippen LogP contribution in [0.4, 0.5) is 0 Å². The normalized spacial score (nSPS) is 19.4. The summed E-state index contributed by atoms with van der Waals surface area (Å²) in [7, 11) is 2.00. The van der Waals surface area contributed by atoms with Gasteiger partial charge in [-0.25, -0.2) is 4.99 Å². The number of nitrogens with one attached hydrogen (secondary N) is 2. The van der Waals surface area contributed by atoms with Gasteiger partial charge in [-0.15, -0.1) is 10.2 Å². The van der Waals surface area contributed by atoms with Crippen LogP contribution in [0.5, 0.6) is 0 Å². The molecular weight excluding hydrogens is 348 g/mol. The minimum atomic E-state index is 0.262. The molecule has 150 valence electrons. The molecule has 2 aliphatic carbocycles. The minimum Gasteiger partial charge on any atom is -0.355 e. The SMILES string of the molecule is Cc1nnc(CN=C(NCC2(c3ccccc3)CC2)NC2CCCCC2)n1C. The van der Waals surface area contributed by atoms with Gasteiger partial charge in [-0.3, -0.25) is 0 Å².